The van der Waals surface area contributed by atoms with Crippen LogP contribution in [0.5, 0.6) is 5.75 Å². The van der Waals surface area contributed by atoms with Gasteiger partial charge in [-0.25, -0.2) is 4.98 Å². The minimum absolute atomic E-state index is 0.0811. The maximum absolute atomic E-state index is 11.3. The molecule has 0 saturated heterocycles. The van der Waals surface area contributed by atoms with Crippen LogP contribution in [0.1, 0.15) is 25.0 Å². The Morgan fingerprint density at radius 2 is 2.07 bits per heavy atom. The molecule has 0 radical (unpaired) electrons. The van der Waals surface area contributed by atoms with Gasteiger partial charge in [-0.1, -0.05) is 12.1 Å². The number of fused-ring (bicyclic) bond motifs is 1. The molecule has 1 aliphatic rings. The number of anilines is 2. The second-order valence-electron chi connectivity index (χ2n) is 6.93. The first-order valence-electron chi connectivity index (χ1n) is 9.29. The lowest BCUT2D eigenvalue weighted by Crippen LogP contribution is -2.08. The van der Waals surface area contributed by atoms with Crippen LogP contribution in [0.4, 0.5) is 11.5 Å². The zero-order valence-corrected chi connectivity index (χ0v) is 15.9. The van der Waals surface area contributed by atoms with Crippen LogP contribution >= 0.6 is 0 Å². The summed E-state index contributed by atoms with van der Waals surface area (Å²) in [7, 11) is 0. The summed E-state index contributed by atoms with van der Waals surface area (Å²) >= 11 is 0. The molecule has 28 heavy (non-hydrogen) atoms. The first kappa shape index (κ1) is 18.0. The zero-order chi connectivity index (χ0) is 19.5. The smallest absolute Gasteiger partial charge is 0.221 e. The van der Waals surface area contributed by atoms with Crippen LogP contribution in [-0.2, 0) is 17.8 Å². The molecule has 2 aromatic heterocycles. The number of nitrogens with zero attached hydrogens (tertiary/aromatic N) is 2. The van der Waals surface area contributed by atoms with Crippen LogP contribution in [0.15, 0.2) is 55.0 Å². The van der Waals surface area contributed by atoms with Crippen LogP contribution in [0.25, 0.3) is 11.1 Å². The molecule has 0 aliphatic carbocycles. The van der Waals surface area contributed by atoms with Crippen molar-refractivity contribution in [3.8, 4) is 16.9 Å². The molecular formula is C22H22N4O2. The summed E-state index contributed by atoms with van der Waals surface area (Å²) in [6.45, 7) is 4.18. The number of pyridine rings is 2. The number of hydrogen-bond donors (Lipinski definition) is 2. The van der Waals surface area contributed by atoms with E-state index in [-0.39, 0.29) is 12.0 Å². The topological polar surface area (TPSA) is 76.1 Å². The van der Waals surface area contributed by atoms with Crippen molar-refractivity contribution in [1.82, 2.24) is 9.97 Å². The van der Waals surface area contributed by atoms with E-state index in [1.165, 1.54) is 6.92 Å². The maximum atomic E-state index is 11.3. The molecule has 0 saturated carbocycles. The molecule has 3 aromatic rings. The number of hydrogen-bond acceptors (Lipinski definition) is 5. The first-order valence-corrected chi connectivity index (χ1v) is 9.29. The summed E-state index contributed by atoms with van der Waals surface area (Å²) in [6.07, 6.45) is 6.32. The fourth-order valence-corrected chi connectivity index (χ4v) is 3.43. The van der Waals surface area contributed by atoms with Crippen molar-refractivity contribution in [2.45, 2.75) is 32.9 Å². The average molecular weight is 374 g/mol. The van der Waals surface area contributed by atoms with Gasteiger partial charge in [-0.05, 0) is 42.3 Å². The number of benzene rings is 1. The Hall–Kier alpha value is -3.41. The van der Waals surface area contributed by atoms with E-state index in [9.17, 15) is 4.79 Å². The molecule has 0 bridgehead atoms. The van der Waals surface area contributed by atoms with Crippen LogP contribution in [-0.4, -0.2) is 22.0 Å². The van der Waals surface area contributed by atoms with E-state index in [0.29, 0.717) is 6.54 Å². The average Bonchev–Trinajstić information content (AvgIpc) is 3.08. The van der Waals surface area contributed by atoms with Crippen molar-refractivity contribution < 1.29 is 9.53 Å². The summed E-state index contributed by atoms with van der Waals surface area (Å²) < 4.78 is 6.10. The number of amides is 1. The Morgan fingerprint density at radius 3 is 2.86 bits per heavy atom. The van der Waals surface area contributed by atoms with E-state index in [0.717, 1.165) is 45.9 Å². The summed E-state index contributed by atoms with van der Waals surface area (Å²) in [6, 6.07) is 11.7. The molecule has 6 heteroatoms. The van der Waals surface area contributed by atoms with Gasteiger partial charge in [0.05, 0.1) is 0 Å². The Balaban J connectivity index is 1.58. The summed E-state index contributed by atoms with van der Waals surface area (Å²) in [4.78, 5) is 20.0. The van der Waals surface area contributed by atoms with Crippen molar-refractivity contribution in [2.24, 2.45) is 0 Å². The lowest BCUT2D eigenvalue weighted by molar-refractivity contribution is -0.114. The third-order valence-corrected chi connectivity index (χ3v) is 4.64. The second-order valence-corrected chi connectivity index (χ2v) is 6.93. The molecule has 1 unspecified atom stereocenters. The van der Waals surface area contributed by atoms with Gasteiger partial charge in [-0.3, -0.25) is 9.78 Å². The number of ether oxygens (including phenoxy) is 1. The lowest BCUT2D eigenvalue weighted by Gasteiger charge is -2.13. The number of carbonyl (C=O) groups is 1. The normalized spacial score (nSPS) is 14.9. The summed E-state index contributed by atoms with van der Waals surface area (Å²) in [5.41, 5.74) is 4.98. The molecule has 6 nitrogen and oxygen atoms in total. The van der Waals surface area contributed by atoms with Crippen molar-refractivity contribution in [3.63, 3.8) is 0 Å². The lowest BCUT2D eigenvalue weighted by atomic mass is 10.0. The fourth-order valence-electron chi connectivity index (χ4n) is 3.43. The highest BCUT2D eigenvalue weighted by Gasteiger charge is 2.26. The van der Waals surface area contributed by atoms with Gasteiger partial charge >= 0.3 is 0 Å². The van der Waals surface area contributed by atoms with Crippen molar-refractivity contribution in [1.29, 1.82) is 0 Å². The van der Waals surface area contributed by atoms with E-state index >= 15 is 0 Å². The third-order valence-electron chi connectivity index (χ3n) is 4.64. The van der Waals surface area contributed by atoms with Crippen molar-refractivity contribution >= 4 is 17.4 Å². The Labute approximate surface area is 164 Å². The zero-order valence-electron chi connectivity index (χ0n) is 15.9. The van der Waals surface area contributed by atoms with Crippen LogP contribution < -0.4 is 15.4 Å². The summed E-state index contributed by atoms with van der Waals surface area (Å²) in [5, 5.41) is 6.23. The van der Waals surface area contributed by atoms with Gasteiger partial charge in [0.1, 0.15) is 17.7 Å². The van der Waals surface area contributed by atoms with E-state index in [4.69, 9.17) is 4.74 Å². The van der Waals surface area contributed by atoms with E-state index in [1.807, 2.05) is 42.6 Å². The standard InChI is InChI=1S/C22H22N4O2/c1-14-10-19-21(28-14)20(17-6-8-23-9-7-17)13-25-22(19)24-12-16-4-3-5-18(11-16)26-15(2)27/h3-9,11,13-14H,10,12H2,1-2H3,(H,24,25)(H,26,27). The van der Waals surface area contributed by atoms with Crippen molar-refractivity contribution in [2.75, 3.05) is 10.6 Å². The molecule has 2 N–H and O–H groups in total. The fraction of sp³-hybridized carbons (Fsp3) is 0.227. The first-order chi connectivity index (χ1) is 13.6. The van der Waals surface area contributed by atoms with Gasteiger partial charge in [0.25, 0.3) is 0 Å². The molecule has 3 heterocycles. The third kappa shape index (κ3) is 3.81. The van der Waals surface area contributed by atoms with Gasteiger partial charge in [-0.15, -0.1) is 0 Å². The van der Waals surface area contributed by atoms with E-state index in [2.05, 4.69) is 27.5 Å². The molecular weight excluding hydrogens is 352 g/mol. The minimum Gasteiger partial charge on any atom is -0.489 e. The van der Waals surface area contributed by atoms with Gasteiger partial charge in [-0.2, -0.15) is 0 Å². The quantitative estimate of drug-likeness (QED) is 0.705. The maximum Gasteiger partial charge on any atom is 0.221 e. The highest BCUT2D eigenvalue weighted by Crippen LogP contribution is 2.41. The number of rotatable bonds is 5. The van der Waals surface area contributed by atoms with Gasteiger partial charge in [0.2, 0.25) is 5.91 Å². The van der Waals surface area contributed by atoms with Crippen LogP contribution in [0.2, 0.25) is 0 Å². The second kappa shape index (κ2) is 7.68. The molecule has 1 aliphatic heterocycles. The predicted octanol–water partition coefficient (Wildman–Crippen LogP) is 4.04. The summed E-state index contributed by atoms with van der Waals surface area (Å²) in [5.74, 6) is 1.65. The van der Waals surface area contributed by atoms with Crippen molar-refractivity contribution in [3.05, 3.63) is 66.1 Å². The Bertz CT molecular complexity index is 1000. The largest absolute Gasteiger partial charge is 0.489 e. The van der Waals surface area contributed by atoms with Gasteiger partial charge in [0, 0.05) is 55.3 Å². The highest BCUT2D eigenvalue weighted by molar-refractivity contribution is 5.88. The monoisotopic (exact) mass is 374 g/mol. The Kier molecular flexibility index (Phi) is 4.93. The van der Waals surface area contributed by atoms with E-state index in [1.54, 1.807) is 12.4 Å². The Morgan fingerprint density at radius 1 is 1.25 bits per heavy atom. The predicted molar refractivity (Wildman–Crippen MR) is 109 cm³/mol. The van der Waals surface area contributed by atoms with Gasteiger partial charge < -0.3 is 15.4 Å². The van der Waals surface area contributed by atoms with Crippen LogP contribution in [0, 0.1) is 0 Å². The molecule has 142 valence electrons. The minimum atomic E-state index is -0.0811. The van der Waals surface area contributed by atoms with E-state index < -0.39 is 0 Å². The molecule has 0 spiro atoms. The molecule has 0 fully saturated rings. The SMILES string of the molecule is CC(=O)Nc1cccc(CNc2ncc(-c3ccncc3)c3c2CC(C)O3)c1. The number of carbonyl (C=O) groups excluding carboxylic acids is 1. The number of nitrogens with one attached hydrogen (secondary N) is 2. The van der Waals surface area contributed by atoms with Gasteiger partial charge in [0.15, 0.2) is 0 Å². The number of aromatic nitrogens is 2. The van der Waals surface area contributed by atoms with Crippen LogP contribution in [0.3, 0.4) is 0 Å². The molecule has 1 amide bonds. The highest BCUT2D eigenvalue weighted by atomic mass is 16.5. The molecule has 1 aromatic carbocycles. The molecule has 4 rings (SSSR count). The molecule has 1 atom stereocenters.